The second-order valence-corrected chi connectivity index (χ2v) is 8.62. The van der Waals surface area contributed by atoms with E-state index in [4.69, 9.17) is 14.0 Å². The van der Waals surface area contributed by atoms with E-state index in [2.05, 4.69) is 18.1 Å². The van der Waals surface area contributed by atoms with Gasteiger partial charge in [-0.1, -0.05) is 31.5 Å². The summed E-state index contributed by atoms with van der Waals surface area (Å²) in [5, 5.41) is 14.5. The number of hydrogen-bond donors (Lipinski definition) is 1. The van der Waals surface area contributed by atoms with E-state index >= 15 is 0 Å². The van der Waals surface area contributed by atoms with Gasteiger partial charge in [-0.15, -0.1) is 0 Å². The summed E-state index contributed by atoms with van der Waals surface area (Å²) < 4.78 is 17.5. The van der Waals surface area contributed by atoms with Crippen molar-refractivity contribution in [1.82, 2.24) is 5.16 Å². The minimum atomic E-state index is -0.733. The second-order valence-electron chi connectivity index (χ2n) is 8.62. The number of aryl methyl sites for hydroxylation is 3. The van der Waals surface area contributed by atoms with Crippen molar-refractivity contribution in [3.05, 3.63) is 52.7 Å². The Labute approximate surface area is 188 Å². The third kappa shape index (κ3) is 4.45. The molecule has 1 aromatic heterocycles. The minimum absolute atomic E-state index is 0.0905. The number of hydrogen-bond acceptors (Lipinski definition) is 5. The molecule has 2 atom stereocenters. The number of carbonyl (C=O) groups is 1. The number of aliphatic carboxylic acids is 1. The van der Waals surface area contributed by atoms with Crippen molar-refractivity contribution in [2.45, 2.75) is 58.8 Å². The Morgan fingerprint density at radius 3 is 2.84 bits per heavy atom. The van der Waals surface area contributed by atoms with Crippen molar-refractivity contribution in [3.63, 3.8) is 0 Å². The summed E-state index contributed by atoms with van der Waals surface area (Å²) in [6.45, 7) is 6.99. The van der Waals surface area contributed by atoms with Gasteiger partial charge in [-0.2, -0.15) is 0 Å². The summed E-state index contributed by atoms with van der Waals surface area (Å²) in [4.78, 5) is 11.3. The molecule has 6 heteroatoms. The fourth-order valence-electron chi connectivity index (χ4n) is 4.62. The van der Waals surface area contributed by atoms with Gasteiger partial charge < -0.3 is 19.1 Å². The molecule has 170 valence electrons. The molecule has 0 saturated heterocycles. The molecule has 1 heterocycles. The van der Waals surface area contributed by atoms with Gasteiger partial charge in [-0.3, -0.25) is 4.79 Å². The molecule has 2 aromatic carbocycles. The average Bonchev–Trinajstić information content (AvgIpc) is 3.37. The Balaban J connectivity index is 1.31. The molecular weight excluding hydrogens is 406 g/mol. The van der Waals surface area contributed by atoms with Crippen LogP contribution in [0.3, 0.4) is 0 Å². The fourth-order valence-corrected chi connectivity index (χ4v) is 4.62. The first-order valence-corrected chi connectivity index (χ1v) is 11.5. The predicted molar refractivity (Wildman–Crippen MR) is 123 cm³/mol. The van der Waals surface area contributed by atoms with E-state index in [9.17, 15) is 9.90 Å². The zero-order valence-electron chi connectivity index (χ0n) is 19.0. The zero-order valence-corrected chi connectivity index (χ0v) is 19.0. The van der Waals surface area contributed by atoms with E-state index in [1.165, 1.54) is 5.56 Å². The molecular formula is C26H31NO5. The van der Waals surface area contributed by atoms with Crippen LogP contribution >= 0.6 is 0 Å². The zero-order chi connectivity index (χ0) is 22.7. The van der Waals surface area contributed by atoms with Gasteiger partial charge in [-0.05, 0) is 67.5 Å². The van der Waals surface area contributed by atoms with E-state index in [-0.39, 0.29) is 11.8 Å². The number of aromatic nitrogens is 1. The van der Waals surface area contributed by atoms with Crippen LogP contribution in [0.5, 0.6) is 11.5 Å². The van der Waals surface area contributed by atoms with Crippen molar-refractivity contribution < 1.29 is 23.9 Å². The molecule has 0 fully saturated rings. The lowest BCUT2D eigenvalue weighted by molar-refractivity contribution is -0.141. The highest BCUT2D eigenvalue weighted by atomic mass is 16.5. The van der Waals surface area contributed by atoms with Crippen LogP contribution in [0.25, 0.3) is 11.0 Å². The van der Waals surface area contributed by atoms with Crippen LogP contribution in [0.15, 0.2) is 34.9 Å². The molecule has 1 aliphatic rings. The molecule has 0 saturated carbocycles. The van der Waals surface area contributed by atoms with Gasteiger partial charge in [0.2, 0.25) is 0 Å². The van der Waals surface area contributed by atoms with Crippen LogP contribution in [0.1, 0.15) is 61.4 Å². The molecule has 32 heavy (non-hydrogen) atoms. The summed E-state index contributed by atoms with van der Waals surface area (Å²) >= 11 is 0. The number of benzene rings is 2. The third-order valence-electron chi connectivity index (χ3n) is 6.43. The second kappa shape index (κ2) is 9.63. The van der Waals surface area contributed by atoms with Crippen molar-refractivity contribution in [1.29, 1.82) is 0 Å². The number of fused-ring (bicyclic) bond motifs is 2. The number of carboxylic acids is 1. The maximum Gasteiger partial charge on any atom is 0.306 e. The minimum Gasteiger partial charge on any atom is -0.493 e. The standard InChI is InChI=1S/C26H31NO5/c1-4-6-23-24(12-11-21-17(3)27-32-25(21)23)31-14-5-13-30-19-8-10-22-18(15-19)7-9-20(22)16(2)26(28)29/h8,10-12,15-16,20H,4-7,9,13-14H2,1-3H3,(H,28,29)/t16?,20-/m0/s1. The topological polar surface area (TPSA) is 81.8 Å². The third-order valence-corrected chi connectivity index (χ3v) is 6.43. The normalized spacial score (nSPS) is 16.2. The number of ether oxygens (including phenoxy) is 2. The van der Waals surface area contributed by atoms with Gasteiger partial charge in [0.05, 0.1) is 24.8 Å². The highest BCUT2D eigenvalue weighted by Gasteiger charge is 2.31. The van der Waals surface area contributed by atoms with E-state index in [0.29, 0.717) is 13.2 Å². The van der Waals surface area contributed by atoms with Crippen LogP contribution < -0.4 is 9.47 Å². The Hall–Kier alpha value is -3.02. The summed E-state index contributed by atoms with van der Waals surface area (Å²) in [7, 11) is 0. The lowest BCUT2D eigenvalue weighted by Gasteiger charge is -2.16. The maximum absolute atomic E-state index is 11.3. The van der Waals surface area contributed by atoms with Gasteiger partial charge in [0.1, 0.15) is 11.5 Å². The average molecular weight is 438 g/mol. The smallest absolute Gasteiger partial charge is 0.306 e. The van der Waals surface area contributed by atoms with E-state index in [0.717, 1.165) is 71.4 Å². The van der Waals surface area contributed by atoms with Gasteiger partial charge in [0.25, 0.3) is 0 Å². The highest BCUT2D eigenvalue weighted by Crippen LogP contribution is 2.40. The molecule has 1 unspecified atom stereocenters. The monoisotopic (exact) mass is 437 g/mol. The molecule has 0 radical (unpaired) electrons. The molecule has 1 aliphatic carbocycles. The first-order valence-electron chi connectivity index (χ1n) is 11.5. The molecule has 0 bridgehead atoms. The Kier molecular flexibility index (Phi) is 6.68. The lowest BCUT2D eigenvalue weighted by atomic mass is 9.89. The van der Waals surface area contributed by atoms with E-state index in [1.807, 2.05) is 31.2 Å². The van der Waals surface area contributed by atoms with Gasteiger partial charge in [0.15, 0.2) is 5.58 Å². The molecule has 4 rings (SSSR count). The lowest BCUT2D eigenvalue weighted by Crippen LogP contribution is -2.17. The van der Waals surface area contributed by atoms with Gasteiger partial charge in [-0.25, -0.2) is 0 Å². The number of nitrogens with zero attached hydrogens (tertiary/aromatic N) is 1. The largest absolute Gasteiger partial charge is 0.493 e. The van der Waals surface area contributed by atoms with Crippen molar-refractivity contribution in [2.75, 3.05) is 13.2 Å². The quantitative estimate of drug-likeness (QED) is 0.411. The Morgan fingerprint density at radius 1 is 1.25 bits per heavy atom. The van der Waals surface area contributed by atoms with Gasteiger partial charge >= 0.3 is 5.97 Å². The molecule has 0 aliphatic heterocycles. The SMILES string of the molecule is CCCc1c(OCCCOc2ccc3c(c2)CC[C@H]3C(C)C(=O)O)ccc2c(C)noc12. The van der Waals surface area contributed by atoms with E-state index < -0.39 is 5.97 Å². The summed E-state index contributed by atoms with van der Waals surface area (Å²) in [6, 6.07) is 10.1. The van der Waals surface area contributed by atoms with Gasteiger partial charge in [0, 0.05) is 17.4 Å². The summed E-state index contributed by atoms with van der Waals surface area (Å²) in [5.41, 5.74) is 5.16. The Bertz CT molecular complexity index is 1100. The van der Waals surface area contributed by atoms with Crippen molar-refractivity contribution >= 4 is 16.9 Å². The van der Waals surface area contributed by atoms with Crippen LogP contribution in [-0.4, -0.2) is 29.4 Å². The van der Waals surface area contributed by atoms with Crippen LogP contribution in [0, 0.1) is 12.8 Å². The van der Waals surface area contributed by atoms with E-state index in [1.54, 1.807) is 6.92 Å². The molecule has 0 spiro atoms. The maximum atomic E-state index is 11.3. The van der Waals surface area contributed by atoms with Crippen molar-refractivity contribution in [3.8, 4) is 11.5 Å². The number of carboxylic acid groups (broad SMARTS) is 1. The first-order chi connectivity index (χ1) is 15.5. The number of rotatable bonds is 10. The molecule has 3 aromatic rings. The van der Waals surface area contributed by atoms with Crippen LogP contribution in [0.4, 0.5) is 0 Å². The van der Waals surface area contributed by atoms with Crippen LogP contribution in [0.2, 0.25) is 0 Å². The molecule has 6 nitrogen and oxygen atoms in total. The highest BCUT2D eigenvalue weighted by molar-refractivity contribution is 5.84. The first kappa shape index (κ1) is 22.2. The molecule has 0 amide bonds. The predicted octanol–water partition coefficient (Wildman–Crippen LogP) is 5.69. The van der Waals surface area contributed by atoms with Crippen molar-refractivity contribution in [2.24, 2.45) is 5.92 Å². The summed E-state index contributed by atoms with van der Waals surface area (Å²) in [5.74, 6) is 0.678. The fraction of sp³-hybridized carbons (Fsp3) is 0.462. The summed E-state index contributed by atoms with van der Waals surface area (Å²) in [6.07, 6.45) is 4.43. The van der Waals surface area contributed by atoms with Crippen LogP contribution in [-0.2, 0) is 17.6 Å². The Morgan fingerprint density at radius 2 is 2.06 bits per heavy atom. The molecule has 1 N–H and O–H groups in total.